The number of carbonyl (C=O) groups excluding carboxylic acids is 1. The molecule has 0 radical (unpaired) electrons. The Balaban J connectivity index is 1.98. The van der Waals surface area contributed by atoms with Crippen LogP contribution in [0, 0.1) is 12.7 Å². The summed E-state index contributed by atoms with van der Waals surface area (Å²) in [7, 11) is 0. The van der Waals surface area contributed by atoms with Gasteiger partial charge in [-0.25, -0.2) is 9.82 Å². The average molecular weight is 262 g/mol. The van der Waals surface area contributed by atoms with Crippen LogP contribution < -0.4 is 5.43 Å². The maximum absolute atomic E-state index is 12.9. The molecule has 0 saturated heterocycles. The molecule has 1 N–H and O–H groups in total. The predicted octanol–water partition coefficient (Wildman–Crippen LogP) is 2.96. The van der Waals surface area contributed by atoms with Gasteiger partial charge in [0.25, 0.3) is 5.91 Å². The van der Waals surface area contributed by atoms with Crippen LogP contribution in [0.1, 0.15) is 20.1 Å². The SMILES string of the molecule is Cc1ccc(/C=N/NC(=O)c2cccc(F)c2)s1. The Morgan fingerprint density at radius 1 is 1.39 bits per heavy atom. The molecule has 2 rings (SSSR count). The minimum absolute atomic E-state index is 0.245. The molecule has 1 amide bonds. The minimum atomic E-state index is -0.444. The Bertz CT molecular complexity index is 592. The third kappa shape index (κ3) is 3.24. The van der Waals surface area contributed by atoms with E-state index in [1.165, 1.54) is 29.1 Å². The van der Waals surface area contributed by atoms with E-state index in [0.717, 1.165) is 4.88 Å². The molecule has 0 saturated carbocycles. The molecular weight excluding hydrogens is 251 g/mol. The molecule has 0 bridgehead atoms. The van der Waals surface area contributed by atoms with Crippen molar-refractivity contribution in [2.75, 3.05) is 0 Å². The molecule has 0 spiro atoms. The number of carbonyl (C=O) groups is 1. The molecular formula is C13H11FN2OS. The monoisotopic (exact) mass is 262 g/mol. The average Bonchev–Trinajstić information content (AvgIpc) is 2.75. The summed E-state index contributed by atoms with van der Waals surface area (Å²) >= 11 is 1.58. The molecule has 5 heteroatoms. The Morgan fingerprint density at radius 2 is 2.22 bits per heavy atom. The predicted molar refractivity (Wildman–Crippen MR) is 70.5 cm³/mol. The van der Waals surface area contributed by atoms with E-state index in [4.69, 9.17) is 0 Å². The van der Waals surface area contributed by atoms with Crippen LogP contribution in [0.25, 0.3) is 0 Å². The fourth-order valence-corrected chi connectivity index (χ4v) is 2.12. The molecule has 3 nitrogen and oxygen atoms in total. The summed E-state index contributed by atoms with van der Waals surface area (Å²) < 4.78 is 12.9. The normalized spacial score (nSPS) is 10.8. The molecule has 92 valence electrons. The van der Waals surface area contributed by atoms with Crippen molar-refractivity contribution in [3.05, 3.63) is 57.5 Å². The summed E-state index contributed by atoms with van der Waals surface area (Å²) in [6.45, 7) is 1.99. The number of rotatable bonds is 3. The number of hydrazone groups is 1. The zero-order chi connectivity index (χ0) is 13.0. The van der Waals surface area contributed by atoms with E-state index in [0.29, 0.717) is 0 Å². The van der Waals surface area contributed by atoms with E-state index >= 15 is 0 Å². The van der Waals surface area contributed by atoms with Crippen molar-refractivity contribution in [1.82, 2.24) is 5.43 Å². The van der Waals surface area contributed by atoms with E-state index in [2.05, 4.69) is 10.5 Å². The molecule has 0 fully saturated rings. The number of hydrogen-bond acceptors (Lipinski definition) is 3. The lowest BCUT2D eigenvalue weighted by atomic mass is 10.2. The van der Waals surface area contributed by atoms with Crippen LogP contribution >= 0.6 is 11.3 Å². The van der Waals surface area contributed by atoms with Crippen molar-refractivity contribution in [3.63, 3.8) is 0 Å². The highest BCUT2D eigenvalue weighted by atomic mass is 32.1. The van der Waals surface area contributed by atoms with Gasteiger partial charge in [-0.15, -0.1) is 11.3 Å². The van der Waals surface area contributed by atoms with Crippen LogP contribution in [0.15, 0.2) is 41.5 Å². The van der Waals surface area contributed by atoms with Gasteiger partial charge < -0.3 is 0 Å². The van der Waals surface area contributed by atoms with Crippen LogP contribution in [-0.4, -0.2) is 12.1 Å². The lowest BCUT2D eigenvalue weighted by Gasteiger charge is -1.98. The highest BCUT2D eigenvalue weighted by Gasteiger charge is 2.04. The summed E-state index contributed by atoms with van der Waals surface area (Å²) in [5, 5.41) is 3.82. The van der Waals surface area contributed by atoms with Gasteiger partial charge in [0, 0.05) is 15.3 Å². The Labute approximate surface area is 108 Å². The Kier molecular flexibility index (Phi) is 3.84. The largest absolute Gasteiger partial charge is 0.271 e. The first kappa shape index (κ1) is 12.4. The highest BCUT2D eigenvalue weighted by Crippen LogP contribution is 2.12. The summed E-state index contributed by atoms with van der Waals surface area (Å²) in [6.07, 6.45) is 1.56. The summed E-state index contributed by atoms with van der Waals surface area (Å²) in [6, 6.07) is 9.35. The fraction of sp³-hybridized carbons (Fsp3) is 0.0769. The number of thiophene rings is 1. The van der Waals surface area contributed by atoms with Crippen molar-refractivity contribution in [3.8, 4) is 0 Å². The third-order valence-corrected chi connectivity index (χ3v) is 3.14. The zero-order valence-corrected chi connectivity index (χ0v) is 10.5. The lowest BCUT2D eigenvalue weighted by Crippen LogP contribution is -2.17. The lowest BCUT2D eigenvalue weighted by molar-refractivity contribution is 0.0954. The first-order valence-corrected chi connectivity index (χ1v) is 6.12. The molecule has 0 aliphatic heterocycles. The number of aryl methyl sites for hydroxylation is 1. The molecule has 0 aliphatic carbocycles. The highest BCUT2D eigenvalue weighted by molar-refractivity contribution is 7.13. The van der Waals surface area contributed by atoms with Crippen molar-refractivity contribution in [1.29, 1.82) is 0 Å². The standard InChI is InChI=1S/C13H11FN2OS/c1-9-5-6-12(18-9)8-15-16-13(17)10-3-2-4-11(14)7-10/h2-8H,1H3,(H,16,17)/b15-8+. The van der Waals surface area contributed by atoms with Crippen molar-refractivity contribution in [2.45, 2.75) is 6.92 Å². The fourth-order valence-electron chi connectivity index (χ4n) is 1.37. The van der Waals surface area contributed by atoms with E-state index < -0.39 is 11.7 Å². The number of amides is 1. The van der Waals surface area contributed by atoms with Crippen molar-refractivity contribution < 1.29 is 9.18 Å². The second-order valence-corrected chi connectivity index (χ2v) is 4.98. The van der Waals surface area contributed by atoms with Gasteiger partial charge in [0.15, 0.2) is 0 Å². The third-order valence-electron chi connectivity index (χ3n) is 2.21. The number of hydrogen-bond donors (Lipinski definition) is 1. The molecule has 1 heterocycles. The summed E-state index contributed by atoms with van der Waals surface area (Å²) in [5.74, 6) is -0.875. The first-order valence-electron chi connectivity index (χ1n) is 5.30. The van der Waals surface area contributed by atoms with Gasteiger partial charge in [0.1, 0.15) is 5.82 Å². The van der Waals surface area contributed by atoms with E-state index in [1.807, 2.05) is 19.1 Å². The summed E-state index contributed by atoms with van der Waals surface area (Å²) in [5.41, 5.74) is 2.60. The van der Waals surface area contributed by atoms with E-state index in [1.54, 1.807) is 17.6 Å². The minimum Gasteiger partial charge on any atom is -0.267 e. The van der Waals surface area contributed by atoms with Gasteiger partial charge in [0.2, 0.25) is 0 Å². The van der Waals surface area contributed by atoms with Gasteiger partial charge >= 0.3 is 0 Å². The van der Waals surface area contributed by atoms with Gasteiger partial charge in [-0.05, 0) is 37.3 Å². The molecule has 0 aliphatic rings. The maximum Gasteiger partial charge on any atom is 0.271 e. The van der Waals surface area contributed by atoms with Crippen LogP contribution in [0.2, 0.25) is 0 Å². The van der Waals surface area contributed by atoms with Gasteiger partial charge in [-0.3, -0.25) is 4.79 Å². The van der Waals surface area contributed by atoms with E-state index in [9.17, 15) is 9.18 Å². The zero-order valence-electron chi connectivity index (χ0n) is 9.68. The van der Waals surface area contributed by atoms with Crippen molar-refractivity contribution in [2.24, 2.45) is 5.10 Å². The molecule has 2 aromatic rings. The van der Waals surface area contributed by atoms with Crippen LogP contribution in [0.5, 0.6) is 0 Å². The molecule has 1 aromatic heterocycles. The quantitative estimate of drug-likeness (QED) is 0.670. The smallest absolute Gasteiger partial charge is 0.267 e. The van der Waals surface area contributed by atoms with E-state index in [-0.39, 0.29) is 5.56 Å². The number of benzene rings is 1. The molecule has 18 heavy (non-hydrogen) atoms. The number of halogens is 1. The molecule has 0 atom stereocenters. The van der Waals surface area contributed by atoms with Gasteiger partial charge in [-0.1, -0.05) is 6.07 Å². The Hall–Kier alpha value is -2.01. The second-order valence-electron chi connectivity index (χ2n) is 3.66. The van der Waals surface area contributed by atoms with Crippen LogP contribution in [-0.2, 0) is 0 Å². The first-order chi connectivity index (χ1) is 8.65. The van der Waals surface area contributed by atoms with Crippen molar-refractivity contribution >= 4 is 23.5 Å². The van der Waals surface area contributed by atoms with Gasteiger partial charge in [-0.2, -0.15) is 5.10 Å². The van der Waals surface area contributed by atoms with Gasteiger partial charge in [0.05, 0.1) is 6.21 Å². The topological polar surface area (TPSA) is 41.5 Å². The molecule has 0 unspecified atom stereocenters. The molecule has 1 aromatic carbocycles. The Morgan fingerprint density at radius 3 is 2.89 bits per heavy atom. The maximum atomic E-state index is 12.9. The number of nitrogens with one attached hydrogen (secondary N) is 1. The summed E-state index contributed by atoms with van der Waals surface area (Å²) in [4.78, 5) is 13.7. The number of nitrogens with zero attached hydrogens (tertiary/aromatic N) is 1. The van der Waals surface area contributed by atoms with Crippen LogP contribution in [0.4, 0.5) is 4.39 Å². The second kappa shape index (κ2) is 5.55. The van der Waals surface area contributed by atoms with Crippen LogP contribution in [0.3, 0.4) is 0 Å².